The van der Waals surface area contributed by atoms with Gasteiger partial charge in [0.2, 0.25) is 0 Å². The van der Waals surface area contributed by atoms with Crippen LogP contribution in [0, 0.1) is 0 Å². The number of aromatic nitrogens is 1. The molecule has 1 aromatic heterocycles. The monoisotopic (exact) mass is 322 g/mol. The Labute approximate surface area is 141 Å². The van der Waals surface area contributed by atoms with E-state index in [1.807, 2.05) is 42.5 Å². The largest absolute Gasteiger partial charge is 0.494 e. The fourth-order valence-corrected chi connectivity index (χ4v) is 2.85. The predicted molar refractivity (Wildman–Crippen MR) is 97.1 cm³/mol. The zero-order valence-electron chi connectivity index (χ0n) is 13.8. The molecule has 3 rings (SSSR count). The fourth-order valence-electron chi connectivity index (χ4n) is 2.85. The fraction of sp³-hybridized carbons (Fsp3) is 0.250. The van der Waals surface area contributed by atoms with Crippen LogP contribution in [0.4, 0.5) is 0 Å². The van der Waals surface area contributed by atoms with E-state index >= 15 is 0 Å². The summed E-state index contributed by atoms with van der Waals surface area (Å²) in [6.07, 6.45) is 1.51. The Kier molecular flexibility index (Phi) is 5.08. The Balaban J connectivity index is 2.13. The molecule has 4 nitrogen and oxygen atoms in total. The molecule has 2 aromatic carbocycles. The average molecular weight is 322 g/mol. The van der Waals surface area contributed by atoms with E-state index in [1.165, 1.54) is 5.56 Å². The Hall–Kier alpha value is -2.43. The van der Waals surface area contributed by atoms with Crippen molar-refractivity contribution in [3.8, 4) is 17.0 Å². The summed E-state index contributed by atoms with van der Waals surface area (Å²) in [5.74, 6) is 0.762. The molecule has 0 saturated carbocycles. The van der Waals surface area contributed by atoms with Gasteiger partial charge >= 0.3 is 0 Å². The van der Waals surface area contributed by atoms with Gasteiger partial charge in [0.1, 0.15) is 11.3 Å². The van der Waals surface area contributed by atoms with Crippen molar-refractivity contribution < 1.29 is 9.84 Å². The van der Waals surface area contributed by atoms with Crippen molar-refractivity contribution in [1.82, 2.24) is 4.98 Å². The lowest BCUT2D eigenvalue weighted by molar-refractivity contribution is 0.260. The minimum absolute atomic E-state index is 0.00210. The number of benzene rings is 2. The van der Waals surface area contributed by atoms with Crippen LogP contribution in [0.15, 0.2) is 54.6 Å². The molecule has 3 aromatic rings. The Morgan fingerprint density at radius 3 is 2.62 bits per heavy atom. The lowest BCUT2D eigenvalue weighted by atomic mass is 9.99. The number of para-hydroxylation sites is 1. The normalized spacial score (nSPS) is 12.3. The highest BCUT2D eigenvalue weighted by molar-refractivity contribution is 5.89. The van der Waals surface area contributed by atoms with E-state index in [2.05, 4.69) is 12.1 Å². The molecule has 1 atom stereocenters. The minimum Gasteiger partial charge on any atom is -0.494 e. The molecule has 0 radical (unpaired) electrons. The molecule has 3 N–H and O–H groups in total. The zero-order valence-corrected chi connectivity index (χ0v) is 13.8. The maximum atomic E-state index is 9.18. The van der Waals surface area contributed by atoms with Gasteiger partial charge in [0.25, 0.3) is 0 Å². The first-order valence-electron chi connectivity index (χ1n) is 8.11. The van der Waals surface area contributed by atoms with Crippen molar-refractivity contribution >= 4 is 10.9 Å². The van der Waals surface area contributed by atoms with Gasteiger partial charge in [-0.1, -0.05) is 42.5 Å². The van der Waals surface area contributed by atoms with Gasteiger partial charge < -0.3 is 15.6 Å². The first-order chi connectivity index (χ1) is 11.7. The van der Waals surface area contributed by atoms with Crippen LogP contribution in [-0.4, -0.2) is 29.8 Å². The standard InChI is InChI=1S/C20H22N2O2/c1-24-19-9-5-8-17-15(10-11-16(21)13-23)12-18(22-20(17)19)14-6-3-2-4-7-14/h2-9,12,16,23H,10-11,13,21H2,1H3. The molecule has 0 amide bonds. The molecule has 124 valence electrons. The number of aliphatic hydroxyl groups is 1. The van der Waals surface area contributed by atoms with Gasteiger partial charge in [-0.05, 0) is 30.5 Å². The maximum Gasteiger partial charge on any atom is 0.145 e. The summed E-state index contributed by atoms with van der Waals surface area (Å²) in [5, 5.41) is 10.3. The molecule has 0 aliphatic carbocycles. The van der Waals surface area contributed by atoms with Crippen molar-refractivity contribution in [2.45, 2.75) is 18.9 Å². The van der Waals surface area contributed by atoms with Crippen molar-refractivity contribution in [2.24, 2.45) is 5.73 Å². The Bertz CT molecular complexity index is 818. The van der Waals surface area contributed by atoms with E-state index in [4.69, 9.17) is 15.5 Å². The molecule has 1 unspecified atom stereocenters. The lowest BCUT2D eigenvalue weighted by Crippen LogP contribution is -2.24. The van der Waals surface area contributed by atoms with E-state index in [-0.39, 0.29) is 12.6 Å². The number of rotatable bonds is 6. The Morgan fingerprint density at radius 2 is 1.92 bits per heavy atom. The molecular formula is C20H22N2O2. The zero-order chi connectivity index (χ0) is 16.9. The van der Waals surface area contributed by atoms with Crippen molar-refractivity contribution in [1.29, 1.82) is 0 Å². The summed E-state index contributed by atoms with van der Waals surface area (Å²) in [6, 6.07) is 18.0. The molecule has 0 aliphatic rings. The molecular weight excluding hydrogens is 300 g/mol. The third kappa shape index (κ3) is 3.40. The molecule has 1 heterocycles. The first kappa shape index (κ1) is 16.4. The number of aliphatic hydroxyl groups excluding tert-OH is 1. The highest BCUT2D eigenvalue weighted by atomic mass is 16.5. The van der Waals surface area contributed by atoms with Gasteiger partial charge in [0.15, 0.2) is 0 Å². The molecule has 24 heavy (non-hydrogen) atoms. The van der Waals surface area contributed by atoms with Crippen LogP contribution in [0.1, 0.15) is 12.0 Å². The third-order valence-corrected chi connectivity index (χ3v) is 4.20. The van der Waals surface area contributed by atoms with Crippen LogP contribution in [-0.2, 0) is 6.42 Å². The van der Waals surface area contributed by atoms with Gasteiger partial charge in [-0.3, -0.25) is 0 Å². The molecule has 0 aliphatic heterocycles. The van der Waals surface area contributed by atoms with Crippen molar-refractivity contribution in [2.75, 3.05) is 13.7 Å². The molecule has 4 heteroatoms. The second kappa shape index (κ2) is 7.43. The highest BCUT2D eigenvalue weighted by Crippen LogP contribution is 2.31. The number of nitrogens with zero attached hydrogens (tertiary/aromatic N) is 1. The van der Waals surface area contributed by atoms with Crippen molar-refractivity contribution in [3.05, 3.63) is 60.2 Å². The summed E-state index contributed by atoms with van der Waals surface area (Å²) in [7, 11) is 1.66. The number of ether oxygens (including phenoxy) is 1. The second-order valence-corrected chi connectivity index (χ2v) is 5.87. The third-order valence-electron chi connectivity index (χ3n) is 4.20. The molecule has 0 spiro atoms. The lowest BCUT2D eigenvalue weighted by Gasteiger charge is -2.14. The summed E-state index contributed by atoms with van der Waals surface area (Å²) < 4.78 is 5.49. The van der Waals surface area contributed by atoms with Crippen LogP contribution < -0.4 is 10.5 Å². The summed E-state index contributed by atoms with van der Waals surface area (Å²) >= 11 is 0. The average Bonchev–Trinajstić information content (AvgIpc) is 2.65. The number of aryl methyl sites for hydroxylation is 1. The first-order valence-corrected chi connectivity index (χ1v) is 8.11. The van der Waals surface area contributed by atoms with Gasteiger partial charge in [0, 0.05) is 17.0 Å². The van der Waals surface area contributed by atoms with E-state index in [0.717, 1.165) is 40.8 Å². The van der Waals surface area contributed by atoms with Gasteiger partial charge in [-0.15, -0.1) is 0 Å². The number of methoxy groups -OCH3 is 1. The summed E-state index contributed by atoms with van der Waals surface area (Å²) in [6.45, 7) is -0.00210. The van der Waals surface area contributed by atoms with Crippen LogP contribution in [0.25, 0.3) is 22.2 Å². The van der Waals surface area contributed by atoms with E-state index in [1.54, 1.807) is 7.11 Å². The van der Waals surface area contributed by atoms with Gasteiger partial charge in [-0.25, -0.2) is 4.98 Å². The molecule has 0 bridgehead atoms. The SMILES string of the molecule is COc1cccc2c(CCC(N)CO)cc(-c3ccccc3)nc12. The van der Waals surface area contributed by atoms with Gasteiger partial charge in [0.05, 0.1) is 19.4 Å². The quantitative estimate of drug-likeness (QED) is 0.731. The van der Waals surface area contributed by atoms with E-state index in [0.29, 0.717) is 0 Å². The maximum absolute atomic E-state index is 9.18. The Morgan fingerprint density at radius 1 is 1.12 bits per heavy atom. The van der Waals surface area contributed by atoms with Crippen LogP contribution >= 0.6 is 0 Å². The summed E-state index contributed by atoms with van der Waals surface area (Å²) in [4.78, 5) is 4.82. The number of fused-ring (bicyclic) bond motifs is 1. The van der Waals surface area contributed by atoms with Crippen LogP contribution in [0.3, 0.4) is 0 Å². The number of pyridine rings is 1. The summed E-state index contributed by atoms with van der Waals surface area (Å²) in [5.41, 5.74) is 9.89. The molecule has 0 fully saturated rings. The van der Waals surface area contributed by atoms with E-state index in [9.17, 15) is 5.11 Å². The predicted octanol–water partition coefficient (Wildman–Crippen LogP) is 3.16. The topological polar surface area (TPSA) is 68.4 Å². The van der Waals surface area contributed by atoms with Crippen LogP contribution in [0.2, 0.25) is 0 Å². The second-order valence-electron chi connectivity index (χ2n) is 5.87. The molecule has 0 saturated heterocycles. The van der Waals surface area contributed by atoms with E-state index < -0.39 is 0 Å². The number of hydrogen-bond acceptors (Lipinski definition) is 4. The smallest absolute Gasteiger partial charge is 0.145 e. The number of hydrogen-bond donors (Lipinski definition) is 2. The van der Waals surface area contributed by atoms with Crippen molar-refractivity contribution in [3.63, 3.8) is 0 Å². The minimum atomic E-state index is -0.209. The van der Waals surface area contributed by atoms with Crippen LogP contribution in [0.5, 0.6) is 5.75 Å². The highest BCUT2D eigenvalue weighted by Gasteiger charge is 2.12. The number of nitrogens with two attached hydrogens (primary N) is 1. The van der Waals surface area contributed by atoms with Gasteiger partial charge in [-0.2, -0.15) is 0 Å².